The van der Waals surface area contributed by atoms with E-state index < -0.39 is 16.0 Å². The molecule has 1 aromatic carbocycles. The number of benzene rings is 1. The summed E-state index contributed by atoms with van der Waals surface area (Å²) in [5.74, 6) is -0.783. The van der Waals surface area contributed by atoms with Crippen molar-refractivity contribution in [2.24, 2.45) is 5.92 Å². The van der Waals surface area contributed by atoms with Crippen molar-refractivity contribution in [1.29, 1.82) is 0 Å². The number of hydrogen-bond donors (Lipinski definition) is 2. The lowest BCUT2D eigenvalue weighted by molar-refractivity contribution is 0.0696. The van der Waals surface area contributed by atoms with Gasteiger partial charge >= 0.3 is 5.97 Å². The highest BCUT2D eigenvalue weighted by Gasteiger charge is 2.35. The number of carbonyl (C=O) groups is 1. The molecule has 25 heavy (non-hydrogen) atoms. The minimum absolute atomic E-state index is 0.173. The Balaban J connectivity index is 1.74. The minimum Gasteiger partial charge on any atom is -0.478 e. The number of aromatic amines is 1. The normalized spacial score (nSPS) is 18.6. The molecule has 1 saturated heterocycles. The van der Waals surface area contributed by atoms with Crippen molar-refractivity contribution >= 4 is 16.0 Å². The second-order valence-electron chi connectivity index (χ2n) is 6.49. The van der Waals surface area contributed by atoms with E-state index in [9.17, 15) is 13.2 Å². The van der Waals surface area contributed by atoms with Crippen molar-refractivity contribution in [3.63, 3.8) is 0 Å². The van der Waals surface area contributed by atoms with Crippen molar-refractivity contribution in [1.82, 2.24) is 14.5 Å². The van der Waals surface area contributed by atoms with Gasteiger partial charge < -0.3 is 5.11 Å². The molecule has 0 bridgehead atoms. The Hall–Kier alpha value is -2.19. The topological polar surface area (TPSA) is 103 Å². The maximum absolute atomic E-state index is 12.9. The van der Waals surface area contributed by atoms with Gasteiger partial charge in [-0.1, -0.05) is 12.1 Å². The zero-order valence-corrected chi connectivity index (χ0v) is 15.0. The Morgan fingerprint density at radius 3 is 2.80 bits per heavy atom. The number of nitrogens with zero attached hydrogens (tertiary/aromatic N) is 2. The van der Waals surface area contributed by atoms with Crippen LogP contribution in [-0.2, 0) is 16.4 Å². The highest BCUT2D eigenvalue weighted by Crippen LogP contribution is 2.29. The molecule has 1 atom stereocenters. The molecular formula is C17H21N3O4S. The molecule has 134 valence electrons. The lowest BCUT2D eigenvalue weighted by Crippen LogP contribution is -2.29. The first-order valence-electron chi connectivity index (χ1n) is 8.13. The molecule has 2 heterocycles. The number of nitrogens with one attached hydrogen (secondary N) is 1. The number of H-pyrrole nitrogens is 1. The summed E-state index contributed by atoms with van der Waals surface area (Å²) in [5.41, 5.74) is 2.20. The highest BCUT2D eigenvalue weighted by atomic mass is 32.2. The van der Waals surface area contributed by atoms with Crippen LogP contribution in [0.25, 0.3) is 0 Å². The molecule has 0 amide bonds. The van der Waals surface area contributed by atoms with E-state index in [2.05, 4.69) is 10.2 Å². The summed E-state index contributed by atoms with van der Waals surface area (Å²) in [4.78, 5) is 11.3. The first-order valence-corrected chi connectivity index (χ1v) is 9.57. The lowest BCUT2D eigenvalue weighted by Gasteiger charge is -2.17. The highest BCUT2D eigenvalue weighted by molar-refractivity contribution is 7.89. The Morgan fingerprint density at radius 2 is 2.16 bits per heavy atom. The van der Waals surface area contributed by atoms with Crippen LogP contribution in [0.15, 0.2) is 29.2 Å². The largest absolute Gasteiger partial charge is 0.478 e. The van der Waals surface area contributed by atoms with Crippen LogP contribution >= 0.6 is 0 Å². The molecule has 0 saturated carbocycles. The molecule has 2 aromatic rings. The van der Waals surface area contributed by atoms with Gasteiger partial charge in [-0.25, -0.2) is 13.2 Å². The average molecular weight is 363 g/mol. The Morgan fingerprint density at radius 1 is 1.40 bits per heavy atom. The third-order valence-electron chi connectivity index (χ3n) is 4.61. The third kappa shape index (κ3) is 3.45. The summed E-state index contributed by atoms with van der Waals surface area (Å²) < 4.78 is 27.2. The number of aryl methyl sites for hydroxylation is 2. The third-order valence-corrected chi connectivity index (χ3v) is 6.73. The Bertz CT molecular complexity index is 885. The van der Waals surface area contributed by atoms with Crippen molar-refractivity contribution in [3.05, 3.63) is 46.8 Å². The summed E-state index contributed by atoms with van der Waals surface area (Å²) in [7, 11) is -3.56. The van der Waals surface area contributed by atoms with E-state index in [4.69, 9.17) is 5.11 Å². The fourth-order valence-corrected chi connectivity index (χ4v) is 5.26. The average Bonchev–Trinajstić information content (AvgIpc) is 3.15. The fraction of sp³-hybridized carbons (Fsp3) is 0.412. The molecular weight excluding hydrogens is 342 g/mol. The van der Waals surface area contributed by atoms with Gasteiger partial charge in [-0.2, -0.15) is 9.40 Å². The maximum Gasteiger partial charge on any atom is 0.335 e. The van der Waals surface area contributed by atoms with Crippen molar-refractivity contribution in [2.45, 2.75) is 31.6 Å². The van der Waals surface area contributed by atoms with Gasteiger partial charge in [0.25, 0.3) is 0 Å². The van der Waals surface area contributed by atoms with Crippen LogP contribution in [0.3, 0.4) is 0 Å². The van der Waals surface area contributed by atoms with Crippen LogP contribution < -0.4 is 0 Å². The molecule has 7 nitrogen and oxygen atoms in total. The summed E-state index contributed by atoms with van der Waals surface area (Å²) in [6.45, 7) is 4.29. The molecule has 3 rings (SSSR count). The van der Waals surface area contributed by atoms with Crippen LogP contribution in [0.5, 0.6) is 0 Å². The molecule has 1 aliphatic rings. The summed E-state index contributed by atoms with van der Waals surface area (Å²) in [6, 6.07) is 6.82. The number of rotatable bonds is 5. The van der Waals surface area contributed by atoms with Gasteiger partial charge in [0.2, 0.25) is 10.0 Å². The van der Waals surface area contributed by atoms with Gasteiger partial charge in [0.05, 0.1) is 17.0 Å². The minimum atomic E-state index is -3.56. The quantitative estimate of drug-likeness (QED) is 0.845. The number of aromatic carboxylic acids is 1. The van der Waals surface area contributed by atoms with Gasteiger partial charge in [0.1, 0.15) is 4.90 Å². The summed E-state index contributed by atoms with van der Waals surface area (Å²) in [6.07, 6.45) is 1.42. The molecule has 0 spiro atoms. The monoisotopic (exact) mass is 363 g/mol. The first-order chi connectivity index (χ1) is 11.8. The predicted molar refractivity (Wildman–Crippen MR) is 92.0 cm³/mol. The molecule has 0 unspecified atom stereocenters. The van der Waals surface area contributed by atoms with Crippen LogP contribution in [0.1, 0.15) is 33.7 Å². The second kappa shape index (κ2) is 6.61. The molecule has 2 N–H and O–H groups in total. The van der Waals surface area contributed by atoms with Crippen molar-refractivity contribution in [3.8, 4) is 0 Å². The standard InChI is InChI=1S/C17H21N3O4S/c1-11-16(12(2)19-18-11)25(23,24)20-7-6-14(10-20)8-13-4-3-5-15(9-13)17(21)22/h3-5,9,14H,6-8,10H2,1-2H3,(H,18,19)(H,21,22)/t14-/m1/s1. The van der Waals surface area contributed by atoms with E-state index in [1.54, 1.807) is 32.0 Å². The van der Waals surface area contributed by atoms with E-state index in [0.29, 0.717) is 30.9 Å². The van der Waals surface area contributed by atoms with Crippen LogP contribution in [0.2, 0.25) is 0 Å². The zero-order chi connectivity index (χ0) is 18.2. The molecule has 1 aromatic heterocycles. The Kier molecular flexibility index (Phi) is 4.66. The van der Waals surface area contributed by atoms with Crippen LogP contribution in [-0.4, -0.2) is 47.1 Å². The molecule has 8 heteroatoms. The number of hydrogen-bond acceptors (Lipinski definition) is 4. The van der Waals surface area contributed by atoms with Gasteiger partial charge in [-0.3, -0.25) is 5.10 Å². The summed E-state index contributed by atoms with van der Waals surface area (Å²) >= 11 is 0. The summed E-state index contributed by atoms with van der Waals surface area (Å²) in [5, 5.41) is 15.8. The van der Waals surface area contributed by atoms with Crippen molar-refractivity contribution in [2.75, 3.05) is 13.1 Å². The predicted octanol–water partition coefficient (Wildman–Crippen LogP) is 1.98. The smallest absolute Gasteiger partial charge is 0.335 e. The molecule has 1 fully saturated rings. The van der Waals surface area contributed by atoms with Crippen molar-refractivity contribution < 1.29 is 18.3 Å². The zero-order valence-electron chi connectivity index (χ0n) is 14.2. The lowest BCUT2D eigenvalue weighted by atomic mass is 9.97. The number of carboxylic acids is 1. The maximum atomic E-state index is 12.9. The van der Waals surface area contributed by atoms with E-state index >= 15 is 0 Å². The van der Waals surface area contributed by atoms with Gasteiger partial charge in [-0.05, 0) is 50.3 Å². The first kappa shape index (κ1) is 17.6. The van der Waals surface area contributed by atoms with Crippen LogP contribution in [0.4, 0.5) is 0 Å². The fourth-order valence-electron chi connectivity index (χ4n) is 3.40. The van der Waals surface area contributed by atoms with Crippen LogP contribution in [0, 0.1) is 19.8 Å². The SMILES string of the molecule is Cc1n[nH]c(C)c1S(=O)(=O)N1CC[C@H](Cc2cccc(C(=O)O)c2)C1. The van der Waals surface area contributed by atoms with Gasteiger partial charge in [0.15, 0.2) is 0 Å². The molecule has 0 radical (unpaired) electrons. The Labute approximate surface area is 146 Å². The number of aromatic nitrogens is 2. The molecule has 0 aliphatic carbocycles. The van der Waals surface area contributed by atoms with E-state index in [1.807, 2.05) is 6.07 Å². The van der Waals surface area contributed by atoms with E-state index in [-0.39, 0.29) is 16.4 Å². The van der Waals surface area contributed by atoms with E-state index in [0.717, 1.165) is 12.0 Å². The van der Waals surface area contributed by atoms with E-state index in [1.165, 1.54) is 4.31 Å². The van der Waals surface area contributed by atoms with Gasteiger partial charge in [0, 0.05) is 13.1 Å². The second-order valence-corrected chi connectivity index (χ2v) is 8.37. The van der Waals surface area contributed by atoms with Gasteiger partial charge in [-0.15, -0.1) is 0 Å². The number of sulfonamides is 1. The molecule has 1 aliphatic heterocycles. The number of carboxylic acid groups (broad SMARTS) is 1.